The predicted molar refractivity (Wildman–Crippen MR) is 220 cm³/mol. The highest BCUT2D eigenvalue weighted by atomic mass is 32.1. The van der Waals surface area contributed by atoms with Crippen LogP contribution in [-0.2, 0) is 0 Å². The lowest BCUT2D eigenvalue weighted by Crippen LogP contribution is -1.94. The summed E-state index contributed by atoms with van der Waals surface area (Å²) in [7, 11) is 0. The average molecular weight is 683 g/mol. The quantitative estimate of drug-likeness (QED) is 0.185. The summed E-state index contributed by atoms with van der Waals surface area (Å²) in [6, 6.07) is 49.8. The van der Waals surface area contributed by atoms with Crippen molar-refractivity contribution in [1.29, 1.82) is 0 Å². The third kappa shape index (κ3) is 4.58. The lowest BCUT2D eigenvalue weighted by atomic mass is 9.90. The number of fused-ring (bicyclic) bond motifs is 9. The molecule has 3 nitrogen and oxygen atoms in total. The summed E-state index contributed by atoms with van der Waals surface area (Å²) in [4.78, 5) is 10.8. The number of furan rings is 1. The van der Waals surface area contributed by atoms with Gasteiger partial charge in [0.2, 0.25) is 0 Å². The van der Waals surface area contributed by atoms with E-state index in [0.29, 0.717) is 5.82 Å². The van der Waals surface area contributed by atoms with Gasteiger partial charge < -0.3 is 4.42 Å². The zero-order chi connectivity index (χ0) is 34.2. The molecule has 0 unspecified atom stereocenters. The minimum absolute atomic E-state index is 0.701. The van der Waals surface area contributed by atoms with Crippen LogP contribution >= 0.6 is 11.3 Å². The van der Waals surface area contributed by atoms with Gasteiger partial charge >= 0.3 is 0 Å². The van der Waals surface area contributed by atoms with Crippen molar-refractivity contribution in [3.05, 3.63) is 163 Å². The van der Waals surface area contributed by atoms with Crippen molar-refractivity contribution in [2.45, 2.75) is 12.8 Å². The van der Waals surface area contributed by atoms with Gasteiger partial charge in [-0.3, -0.25) is 0 Å². The van der Waals surface area contributed by atoms with Crippen LogP contribution in [0.25, 0.3) is 103 Å². The average Bonchev–Trinajstić information content (AvgIpc) is 3.79. The van der Waals surface area contributed by atoms with Crippen molar-refractivity contribution in [1.82, 2.24) is 9.97 Å². The topological polar surface area (TPSA) is 38.9 Å². The van der Waals surface area contributed by atoms with Crippen LogP contribution in [0.3, 0.4) is 0 Å². The Morgan fingerprint density at radius 1 is 0.577 bits per heavy atom. The first-order valence-electron chi connectivity index (χ1n) is 17.8. The molecule has 52 heavy (non-hydrogen) atoms. The number of thiophene rings is 1. The number of hydrogen-bond donors (Lipinski definition) is 0. The Morgan fingerprint density at radius 3 is 2.21 bits per heavy atom. The predicted octanol–water partition coefficient (Wildman–Crippen LogP) is 13.8. The van der Waals surface area contributed by atoms with Gasteiger partial charge in [-0.2, -0.15) is 0 Å². The Morgan fingerprint density at radius 2 is 1.35 bits per heavy atom. The van der Waals surface area contributed by atoms with Crippen LogP contribution in [0.2, 0.25) is 0 Å². The molecule has 0 saturated carbocycles. The molecule has 0 atom stereocenters. The van der Waals surface area contributed by atoms with E-state index in [1.165, 1.54) is 43.1 Å². The van der Waals surface area contributed by atoms with E-state index in [1.807, 2.05) is 0 Å². The zero-order valence-corrected chi connectivity index (χ0v) is 29.0. The molecule has 0 aliphatic heterocycles. The van der Waals surface area contributed by atoms with Gasteiger partial charge in [0.05, 0.1) is 15.9 Å². The standard InChI is InChI=1S/C48H30N2OS/c1-2-12-31(13-3-1)39-28-40-43-38(18-10-19-41(43)51-46(40)36-16-7-6-15-35(36)39)48-49-44(47-45(50-48)37-17-8-9-20-42(37)52-47)32-24-21-30(22-25-32)34-26-23-29-11-4-5-14-33(29)27-34/h1-2,4-12,14-28H,3,13H2. The number of benzene rings is 7. The van der Waals surface area contributed by atoms with Crippen LogP contribution < -0.4 is 0 Å². The highest BCUT2D eigenvalue weighted by Gasteiger charge is 2.22. The van der Waals surface area contributed by atoms with Gasteiger partial charge in [-0.15, -0.1) is 11.3 Å². The van der Waals surface area contributed by atoms with Gasteiger partial charge in [0, 0.05) is 37.4 Å². The monoisotopic (exact) mass is 682 g/mol. The molecule has 1 aliphatic rings. The SMILES string of the molecule is C1=CCCC(c2cc3c(oc4cccc(-c5nc(-c6ccc(-c7ccc8ccccc8c7)cc6)c6sc7ccccc7c6n5)c43)c3ccccc23)=C1. The van der Waals surface area contributed by atoms with Crippen molar-refractivity contribution >= 4 is 80.7 Å². The summed E-state index contributed by atoms with van der Waals surface area (Å²) in [5, 5.41) is 8.12. The lowest BCUT2D eigenvalue weighted by Gasteiger charge is -2.13. The molecule has 0 spiro atoms. The normalized spacial score (nSPS) is 13.3. The molecule has 4 heteroatoms. The molecule has 1 aliphatic carbocycles. The number of aromatic nitrogens is 2. The maximum atomic E-state index is 6.72. The van der Waals surface area contributed by atoms with Crippen LogP contribution in [0.1, 0.15) is 18.4 Å². The van der Waals surface area contributed by atoms with Crippen molar-refractivity contribution in [2.75, 3.05) is 0 Å². The van der Waals surface area contributed by atoms with E-state index >= 15 is 0 Å². The first kappa shape index (κ1) is 29.4. The Balaban J connectivity index is 1.14. The molecule has 0 bridgehead atoms. The zero-order valence-electron chi connectivity index (χ0n) is 28.1. The molecule has 3 aromatic heterocycles. The Kier molecular flexibility index (Phi) is 6.55. The van der Waals surface area contributed by atoms with E-state index in [0.717, 1.165) is 72.6 Å². The summed E-state index contributed by atoms with van der Waals surface area (Å²) < 4.78 is 9.02. The van der Waals surface area contributed by atoms with Crippen molar-refractivity contribution in [3.8, 4) is 33.8 Å². The molecule has 0 fully saturated rings. The van der Waals surface area contributed by atoms with Crippen LogP contribution in [0.5, 0.6) is 0 Å². The second-order valence-electron chi connectivity index (χ2n) is 13.6. The molecule has 7 aromatic carbocycles. The first-order valence-corrected chi connectivity index (χ1v) is 18.6. The largest absolute Gasteiger partial charge is 0.455 e. The van der Waals surface area contributed by atoms with E-state index in [1.54, 1.807) is 11.3 Å². The van der Waals surface area contributed by atoms with Crippen LogP contribution in [0, 0.1) is 0 Å². The minimum atomic E-state index is 0.701. The number of nitrogens with zero attached hydrogens (tertiary/aromatic N) is 2. The molecule has 10 aromatic rings. The van der Waals surface area contributed by atoms with Gasteiger partial charge in [-0.25, -0.2) is 9.97 Å². The van der Waals surface area contributed by atoms with Crippen LogP contribution in [-0.4, -0.2) is 9.97 Å². The van der Waals surface area contributed by atoms with Crippen molar-refractivity contribution < 1.29 is 4.42 Å². The van der Waals surface area contributed by atoms with Gasteiger partial charge in [0.15, 0.2) is 5.82 Å². The number of rotatable bonds is 4. The second-order valence-corrected chi connectivity index (χ2v) is 14.6. The summed E-state index contributed by atoms with van der Waals surface area (Å²) in [5.74, 6) is 0.701. The summed E-state index contributed by atoms with van der Waals surface area (Å²) in [6.45, 7) is 0. The van der Waals surface area contributed by atoms with E-state index in [9.17, 15) is 0 Å². The Labute approximate surface area is 303 Å². The maximum Gasteiger partial charge on any atom is 0.161 e. The van der Waals surface area contributed by atoms with Gasteiger partial charge in [-0.1, -0.05) is 133 Å². The third-order valence-electron chi connectivity index (χ3n) is 10.6. The van der Waals surface area contributed by atoms with E-state index in [-0.39, 0.29) is 0 Å². The number of hydrogen-bond acceptors (Lipinski definition) is 4. The highest BCUT2D eigenvalue weighted by molar-refractivity contribution is 7.26. The summed E-state index contributed by atoms with van der Waals surface area (Å²) in [5.41, 5.74) is 10.7. The fraction of sp³-hybridized carbons (Fsp3) is 0.0417. The van der Waals surface area contributed by atoms with E-state index in [4.69, 9.17) is 14.4 Å². The van der Waals surface area contributed by atoms with Crippen LogP contribution in [0.4, 0.5) is 0 Å². The summed E-state index contributed by atoms with van der Waals surface area (Å²) in [6.07, 6.45) is 8.75. The molecule has 0 N–H and O–H groups in total. The van der Waals surface area contributed by atoms with Crippen LogP contribution in [0.15, 0.2) is 162 Å². The third-order valence-corrected chi connectivity index (χ3v) is 11.7. The Hall–Kier alpha value is -6.36. The highest BCUT2D eigenvalue weighted by Crippen LogP contribution is 2.44. The molecule has 11 rings (SSSR count). The van der Waals surface area contributed by atoms with Gasteiger partial charge in [0.25, 0.3) is 0 Å². The molecule has 3 heterocycles. The summed E-state index contributed by atoms with van der Waals surface area (Å²) >= 11 is 1.76. The molecular formula is C48H30N2OS. The fourth-order valence-corrected chi connectivity index (χ4v) is 9.18. The Bertz CT molecular complexity index is 3130. The maximum absolute atomic E-state index is 6.72. The molecular weight excluding hydrogens is 653 g/mol. The minimum Gasteiger partial charge on any atom is -0.455 e. The van der Waals surface area contributed by atoms with E-state index in [2.05, 4.69) is 158 Å². The van der Waals surface area contributed by atoms with Crippen molar-refractivity contribution in [2.24, 2.45) is 0 Å². The second kappa shape index (κ2) is 11.6. The first-order chi connectivity index (χ1) is 25.8. The fourth-order valence-electron chi connectivity index (χ4n) is 8.02. The van der Waals surface area contributed by atoms with Gasteiger partial charge in [-0.05, 0) is 75.5 Å². The molecule has 0 saturated heterocycles. The van der Waals surface area contributed by atoms with E-state index < -0.39 is 0 Å². The molecule has 0 radical (unpaired) electrons. The van der Waals surface area contributed by atoms with Gasteiger partial charge in [0.1, 0.15) is 11.2 Å². The lowest BCUT2D eigenvalue weighted by molar-refractivity contribution is 0.672. The molecule has 0 amide bonds. The smallest absolute Gasteiger partial charge is 0.161 e. The van der Waals surface area contributed by atoms with Crippen molar-refractivity contribution in [3.63, 3.8) is 0 Å². The number of allylic oxidation sites excluding steroid dienone is 4. The molecule has 244 valence electrons.